The van der Waals surface area contributed by atoms with Crippen molar-refractivity contribution in [2.24, 2.45) is 0 Å². The second kappa shape index (κ2) is 8.01. The van der Waals surface area contributed by atoms with Crippen LogP contribution in [0.5, 0.6) is 11.5 Å². The van der Waals surface area contributed by atoms with Gasteiger partial charge in [0.15, 0.2) is 18.1 Å². The van der Waals surface area contributed by atoms with E-state index in [2.05, 4.69) is 5.32 Å². The Hall–Kier alpha value is -2.87. The van der Waals surface area contributed by atoms with E-state index in [9.17, 15) is 13.8 Å². The van der Waals surface area contributed by atoms with Crippen LogP contribution in [0.2, 0.25) is 0 Å². The van der Waals surface area contributed by atoms with Crippen LogP contribution >= 0.6 is 0 Å². The Labute approximate surface area is 152 Å². The van der Waals surface area contributed by atoms with Crippen LogP contribution in [0, 0.1) is 0 Å². The minimum absolute atomic E-state index is 0.142. The van der Waals surface area contributed by atoms with Crippen molar-refractivity contribution in [1.29, 1.82) is 0 Å². The van der Waals surface area contributed by atoms with Gasteiger partial charge in [-0.25, -0.2) is 4.79 Å². The molecule has 26 heavy (non-hydrogen) atoms. The average molecular weight is 375 g/mol. The number of nitrogens with one attached hydrogen (secondary N) is 1. The number of esters is 1. The molecule has 1 amide bonds. The maximum atomic E-state index is 12.2. The fourth-order valence-corrected chi connectivity index (χ4v) is 3.31. The van der Waals surface area contributed by atoms with E-state index in [1.54, 1.807) is 43.3 Å². The smallest absolute Gasteiger partial charge is 0.339 e. The van der Waals surface area contributed by atoms with Crippen LogP contribution in [0.15, 0.2) is 47.4 Å². The molecule has 1 aliphatic rings. The molecule has 0 bridgehead atoms. The number of ether oxygens (including phenoxy) is 3. The van der Waals surface area contributed by atoms with E-state index in [1.165, 1.54) is 6.07 Å². The van der Waals surface area contributed by atoms with Gasteiger partial charge >= 0.3 is 5.97 Å². The lowest BCUT2D eigenvalue weighted by atomic mass is 10.2. The summed E-state index contributed by atoms with van der Waals surface area (Å²) in [6.07, 6.45) is 0. The van der Waals surface area contributed by atoms with Crippen LogP contribution in [0.3, 0.4) is 0 Å². The second-order valence-electron chi connectivity index (χ2n) is 5.32. The molecule has 0 spiro atoms. The van der Waals surface area contributed by atoms with Crippen LogP contribution in [0.4, 0.5) is 5.69 Å². The molecule has 0 fully saturated rings. The fraction of sp³-hybridized carbons (Fsp3) is 0.222. The van der Waals surface area contributed by atoms with E-state index in [0.717, 1.165) is 0 Å². The molecule has 1 atom stereocenters. The molecule has 1 heterocycles. The maximum absolute atomic E-state index is 12.2. The number of anilines is 1. The van der Waals surface area contributed by atoms with Gasteiger partial charge < -0.3 is 19.5 Å². The highest BCUT2D eigenvalue weighted by atomic mass is 32.2. The van der Waals surface area contributed by atoms with E-state index < -0.39 is 29.3 Å². The van der Waals surface area contributed by atoms with Crippen LogP contribution in [-0.2, 0) is 20.3 Å². The molecule has 0 unspecified atom stereocenters. The van der Waals surface area contributed by atoms with Gasteiger partial charge in [0, 0.05) is 17.5 Å². The zero-order valence-electron chi connectivity index (χ0n) is 14.0. The van der Waals surface area contributed by atoms with Gasteiger partial charge in [-0.05, 0) is 24.3 Å². The molecule has 2 aromatic carbocycles. The summed E-state index contributed by atoms with van der Waals surface area (Å²) in [6.45, 7) is 1.44. The zero-order chi connectivity index (χ0) is 18.5. The van der Waals surface area contributed by atoms with Crippen LogP contribution in [0.25, 0.3) is 0 Å². The highest BCUT2D eigenvalue weighted by Crippen LogP contribution is 2.34. The van der Waals surface area contributed by atoms with Gasteiger partial charge in [-0.1, -0.05) is 19.1 Å². The first-order valence-electron chi connectivity index (χ1n) is 7.92. The molecule has 0 saturated carbocycles. The first-order chi connectivity index (χ1) is 12.6. The van der Waals surface area contributed by atoms with E-state index in [4.69, 9.17) is 14.2 Å². The molecule has 136 valence electrons. The number of fused-ring (bicyclic) bond motifs is 1. The third kappa shape index (κ3) is 4.02. The molecule has 0 aromatic heterocycles. The van der Waals surface area contributed by atoms with Crippen molar-refractivity contribution in [3.63, 3.8) is 0 Å². The monoisotopic (exact) mass is 375 g/mol. The van der Waals surface area contributed by atoms with Crippen LogP contribution < -0.4 is 14.8 Å². The number of rotatable bonds is 6. The molecular weight excluding hydrogens is 358 g/mol. The molecule has 2 aromatic rings. The third-order valence-corrected chi connectivity index (χ3v) is 4.98. The number of amides is 1. The first kappa shape index (κ1) is 17.9. The molecular formula is C18H17NO6S. The van der Waals surface area contributed by atoms with Gasteiger partial charge in [0.25, 0.3) is 5.91 Å². The molecule has 8 heteroatoms. The first-order valence-corrected chi connectivity index (χ1v) is 9.24. The summed E-state index contributed by atoms with van der Waals surface area (Å²) in [5.74, 6) is 0.342. The number of hydrogen-bond donors (Lipinski definition) is 1. The van der Waals surface area contributed by atoms with Gasteiger partial charge in [-0.3, -0.25) is 9.00 Å². The van der Waals surface area contributed by atoms with Gasteiger partial charge in [-0.15, -0.1) is 0 Å². The Morgan fingerprint density at radius 3 is 2.73 bits per heavy atom. The molecule has 0 radical (unpaired) electrons. The quantitative estimate of drug-likeness (QED) is 0.780. The van der Waals surface area contributed by atoms with E-state index in [0.29, 0.717) is 27.8 Å². The predicted molar refractivity (Wildman–Crippen MR) is 94.9 cm³/mol. The Balaban J connectivity index is 1.59. The van der Waals surface area contributed by atoms with Crippen molar-refractivity contribution in [1.82, 2.24) is 0 Å². The lowest BCUT2D eigenvalue weighted by molar-refractivity contribution is -0.119. The van der Waals surface area contributed by atoms with E-state index in [-0.39, 0.29) is 12.4 Å². The lowest BCUT2D eigenvalue weighted by Gasteiger charge is -2.09. The molecule has 0 saturated heterocycles. The van der Waals surface area contributed by atoms with Gasteiger partial charge in [0.1, 0.15) is 0 Å². The number of hydrogen-bond acceptors (Lipinski definition) is 6. The lowest BCUT2D eigenvalue weighted by Crippen LogP contribution is -2.21. The summed E-state index contributed by atoms with van der Waals surface area (Å²) in [7, 11) is -1.30. The number of carbonyl (C=O) groups excluding carboxylic acids is 2. The topological polar surface area (TPSA) is 90.9 Å². The van der Waals surface area contributed by atoms with Gasteiger partial charge in [-0.2, -0.15) is 0 Å². The predicted octanol–water partition coefficient (Wildman–Crippen LogP) is 2.34. The average Bonchev–Trinajstić information content (AvgIpc) is 3.13. The van der Waals surface area contributed by atoms with Crippen molar-refractivity contribution < 1.29 is 28.0 Å². The minimum atomic E-state index is -1.30. The second-order valence-corrected chi connectivity index (χ2v) is 7.03. The normalized spacial score (nSPS) is 13.1. The summed E-state index contributed by atoms with van der Waals surface area (Å²) < 4.78 is 27.5. The Morgan fingerprint density at radius 1 is 1.15 bits per heavy atom. The van der Waals surface area contributed by atoms with E-state index in [1.807, 2.05) is 0 Å². The van der Waals surface area contributed by atoms with E-state index >= 15 is 0 Å². The van der Waals surface area contributed by atoms with Crippen molar-refractivity contribution in [3.8, 4) is 11.5 Å². The van der Waals surface area contributed by atoms with Crippen molar-refractivity contribution in [3.05, 3.63) is 48.0 Å². The Morgan fingerprint density at radius 2 is 1.92 bits per heavy atom. The highest BCUT2D eigenvalue weighted by Gasteiger charge is 2.18. The summed E-state index contributed by atoms with van der Waals surface area (Å²) in [5.41, 5.74) is 0.700. The molecule has 7 nitrogen and oxygen atoms in total. The minimum Gasteiger partial charge on any atom is -0.454 e. The van der Waals surface area contributed by atoms with Crippen LogP contribution in [-0.4, -0.2) is 35.2 Å². The maximum Gasteiger partial charge on any atom is 0.339 e. The SMILES string of the molecule is CC[S@@](=O)c1ccccc1C(=O)OCC(=O)Nc1ccc2c(c1)OCO2. The summed E-state index contributed by atoms with van der Waals surface area (Å²) in [5, 5.41) is 2.62. The highest BCUT2D eigenvalue weighted by molar-refractivity contribution is 7.85. The van der Waals surface area contributed by atoms with Crippen molar-refractivity contribution >= 4 is 28.4 Å². The molecule has 1 N–H and O–H groups in total. The molecule has 1 aliphatic heterocycles. The summed E-state index contributed by atoms with van der Waals surface area (Å²) in [4.78, 5) is 24.6. The number of benzene rings is 2. The molecule has 0 aliphatic carbocycles. The van der Waals surface area contributed by atoms with Gasteiger partial charge in [0.05, 0.1) is 21.3 Å². The zero-order valence-corrected chi connectivity index (χ0v) is 14.8. The Bertz CT molecular complexity index is 867. The summed E-state index contributed by atoms with van der Waals surface area (Å²) >= 11 is 0. The van der Waals surface area contributed by atoms with Crippen molar-refractivity contribution in [2.45, 2.75) is 11.8 Å². The number of carbonyl (C=O) groups is 2. The Kier molecular flexibility index (Phi) is 5.52. The van der Waals surface area contributed by atoms with Crippen molar-refractivity contribution in [2.75, 3.05) is 24.5 Å². The van der Waals surface area contributed by atoms with Gasteiger partial charge in [0.2, 0.25) is 6.79 Å². The summed E-state index contributed by atoms with van der Waals surface area (Å²) in [6, 6.07) is 11.5. The molecule has 3 rings (SSSR count). The third-order valence-electron chi connectivity index (χ3n) is 3.61. The van der Waals surface area contributed by atoms with Crippen LogP contribution in [0.1, 0.15) is 17.3 Å². The standard InChI is InChI=1S/C18H17NO6S/c1-2-26(22)16-6-4-3-5-13(16)18(21)23-10-17(20)19-12-7-8-14-15(9-12)25-11-24-14/h3-9H,2,10-11H2,1H3,(H,19,20)/t26-/m1/s1. The largest absolute Gasteiger partial charge is 0.454 e. The fourth-order valence-electron chi connectivity index (χ4n) is 2.37.